The van der Waals surface area contributed by atoms with Crippen molar-refractivity contribution in [1.29, 1.82) is 0 Å². The molecule has 4 heteroatoms. The van der Waals surface area contributed by atoms with Gasteiger partial charge in [-0.25, -0.2) is 0 Å². The fraction of sp³-hybridized carbons (Fsp3) is 0.692. The van der Waals surface area contributed by atoms with Crippen molar-refractivity contribution in [2.24, 2.45) is 17.8 Å². The van der Waals surface area contributed by atoms with Crippen molar-refractivity contribution in [3.05, 3.63) is 11.8 Å². The third-order valence-corrected chi connectivity index (χ3v) is 4.09. The maximum Gasteiger partial charge on any atom is 0.228 e. The minimum atomic E-state index is 0.152. The number of aromatic amines is 1. The standard InChI is InChI=1S/C13H19N3O/c1-7(2)11-6-12(16-15-11)14-13(17)10-4-8-3-9(8)5-10/h6-10H,3-5H2,1-2H3,(H2,14,15,16,17). The zero-order valence-electron chi connectivity index (χ0n) is 10.4. The minimum absolute atomic E-state index is 0.152. The number of hydrogen-bond donors (Lipinski definition) is 2. The first-order chi connectivity index (χ1) is 8.13. The molecule has 0 aromatic carbocycles. The molecule has 4 nitrogen and oxygen atoms in total. The molecule has 1 aromatic rings. The van der Waals surface area contributed by atoms with Gasteiger partial charge in [0.2, 0.25) is 5.91 Å². The maximum absolute atomic E-state index is 12.0. The Labute approximate surface area is 101 Å². The van der Waals surface area contributed by atoms with Crippen molar-refractivity contribution >= 4 is 11.7 Å². The van der Waals surface area contributed by atoms with Crippen molar-refractivity contribution in [1.82, 2.24) is 10.2 Å². The number of carbonyl (C=O) groups is 1. The number of nitrogens with zero attached hydrogens (tertiary/aromatic N) is 1. The minimum Gasteiger partial charge on any atom is -0.309 e. The zero-order chi connectivity index (χ0) is 12.0. The Balaban J connectivity index is 1.60. The highest BCUT2D eigenvalue weighted by atomic mass is 16.2. The van der Waals surface area contributed by atoms with Crippen molar-refractivity contribution in [2.75, 3.05) is 5.32 Å². The topological polar surface area (TPSA) is 57.8 Å². The van der Waals surface area contributed by atoms with Gasteiger partial charge in [-0.1, -0.05) is 13.8 Å². The van der Waals surface area contributed by atoms with E-state index in [1.165, 1.54) is 6.42 Å². The lowest BCUT2D eigenvalue weighted by Gasteiger charge is -2.10. The molecular formula is C13H19N3O. The molecule has 2 N–H and O–H groups in total. The molecule has 1 amide bonds. The second-order valence-electron chi connectivity index (χ2n) is 5.78. The molecule has 1 aromatic heterocycles. The summed E-state index contributed by atoms with van der Waals surface area (Å²) in [6.45, 7) is 4.20. The van der Waals surface area contributed by atoms with Crippen LogP contribution in [0.3, 0.4) is 0 Å². The fourth-order valence-corrected chi connectivity index (χ4v) is 2.85. The Morgan fingerprint density at radius 2 is 2.12 bits per heavy atom. The Morgan fingerprint density at radius 1 is 1.41 bits per heavy atom. The average molecular weight is 233 g/mol. The molecular weight excluding hydrogens is 214 g/mol. The van der Waals surface area contributed by atoms with Crippen LogP contribution in [-0.2, 0) is 4.79 Å². The smallest absolute Gasteiger partial charge is 0.228 e. The quantitative estimate of drug-likeness (QED) is 0.842. The molecule has 2 fully saturated rings. The van der Waals surface area contributed by atoms with Crippen molar-refractivity contribution in [3.8, 4) is 0 Å². The van der Waals surface area contributed by atoms with E-state index in [9.17, 15) is 4.79 Å². The van der Waals surface area contributed by atoms with Crippen LogP contribution in [0.4, 0.5) is 5.82 Å². The molecule has 2 aliphatic carbocycles. The predicted molar refractivity (Wildman–Crippen MR) is 65.6 cm³/mol. The van der Waals surface area contributed by atoms with Crippen LogP contribution >= 0.6 is 0 Å². The second-order valence-corrected chi connectivity index (χ2v) is 5.78. The van der Waals surface area contributed by atoms with Crippen molar-refractivity contribution in [2.45, 2.75) is 39.0 Å². The number of nitrogens with one attached hydrogen (secondary N) is 2. The lowest BCUT2D eigenvalue weighted by atomic mass is 10.0. The molecule has 0 bridgehead atoms. The summed E-state index contributed by atoms with van der Waals surface area (Å²) in [5, 5.41) is 10.00. The van der Waals surface area contributed by atoms with E-state index >= 15 is 0 Å². The van der Waals surface area contributed by atoms with E-state index in [2.05, 4.69) is 29.4 Å². The Bertz CT molecular complexity index is 428. The molecule has 2 atom stereocenters. The highest BCUT2D eigenvalue weighted by Gasteiger charge is 2.48. The van der Waals surface area contributed by atoms with E-state index in [0.717, 1.165) is 30.4 Å². The van der Waals surface area contributed by atoms with Gasteiger partial charge in [0.1, 0.15) is 0 Å². The molecule has 0 saturated heterocycles. The van der Waals surface area contributed by atoms with Gasteiger partial charge in [0.05, 0.1) is 0 Å². The first-order valence-corrected chi connectivity index (χ1v) is 6.49. The third-order valence-electron chi connectivity index (χ3n) is 4.09. The van der Waals surface area contributed by atoms with Gasteiger partial charge in [0.25, 0.3) is 0 Å². The van der Waals surface area contributed by atoms with E-state index in [1.807, 2.05) is 6.07 Å². The molecule has 92 valence electrons. The maximum atomic E-state index is 12.0. The third kappa shape index (κ3) is 2.08. The number of H-pyrrole nitrogens is 1. The number of amides is 1. The molecule has 2 aliphatic rings. The van der Waals surface area contributed by atoms with Gasteiger partial charge in [-0.3, -0.25) is 9.89 Å². The van der Waals surface area contributed by atoms with E-state index in [0.29, 0.717) is 11.7 Å². The first kappa shape index (κ1) is 10.8. The lowest BCUT2D eigenvalue weighted by Crippen LogP contribution is -2.21. The van der Waals surface area contributed by atoms with Crippen LogP contribution in [0.15, 0.2) is 6.07 Å². The Hall–Kier alpha value is -1.32. The van der Waals surface area contributed by atoms with Crippen LogP contribution in [0.25, 0.3) is 0 Å². The number of fused-ring (bicyclic) bond motifs is 1. The average Bonchev–Trinajstić information content (AvgIpc) is 2.75. The Morgan fingerprint density at radius 3 is 2.71 bits per heavy atom. The van der Waals surface area contributed by atoms with E-state index in [-0.39, 0.29) is 11.8 Å². The van der Waals surface area contributed by atoms with Crippen LogP contribution in [0, 0.1) is 17.8 Å². The molecule has 0 aliphatic heterocycles. The summed E-state index contributed by atoms with van der Waals surface area (Å²) >= 11 is 0. The zero-order valence-corrected chi connectivity index (χ0v) is 10.4. The summed E-state index contributed by atoms with van der Waals surface area (Å²) in [5.41, 5.74) is 1.06. The summed E-state index contributed by atoms with van der Waals surface area (Å²) in [6, 6.07) is 1.93. The predicted octanol–water partition coefficient (Wildman–Crippen LogP) is 2.52. The highest BCUT2D eigenvalue weighted by Crippen LogP contribution is 2.54. The van der Waals surface area contributed by atoms with Crippen LogP contribution in [0.5, 0.6) is 0 Å². The number of rotatable bonds is 3. The first-order valence-electron chi connectivity index (χ1n) is 6.49. The van der Waals surface area contributed by atoms with Gasteiger partial charge in [-0.15, -0.1) is 0 Å². The van der Waals surface area contributed by atoms with Gasteiger partial charge in [0, 0.05) is 17.7 Å². The van der Waals surface area contributed by atoms with Crippen molar-refractivity contribution < 1.29 is 4.79 Å². The monoisotopic (exact) mass is 233 g/mol. The summed E-state index contributed by atoms with van der Waals surface area (Å²) in [5.74, 6) is 3.14. The number of carbonyl (C=O) groups excluding carboxylic acids is 1. The molecule has 2 saturated carbocycles. The van der Waals surface area contributed by atoms with Crippen LogP contribution in [-0.4, -0.2) is 16.1 Å². The van der Waals surface area contributed by atoms with Gasteiger partial charge < -0.3 is 5.32 Å². The van der Waals surface area contributed by atoms with Crippen LogP contribution < -0.4 is 5.32 Å². The lowest BCUT2D eigenvalue weighted by molar-refractivity contribution is -0.120. The van der Waals surface area contributed by atoms with E-state index < -0.39 is 0 Å². The number of aromatic nitrogens is 2. The summed E-state index contributed by atoms with van der Waals surface area (Å²) in [7, 11) is 0. The second kappa shape index (κ2) is 3.86. The van der Waals surface area contributed by atoms with Crippen LogP contribution in [0.2, 0.25) is 0 Å². The molecule has 1 heterocycles. The summed E-state index contributed by atoms with van der Waals surface area (Å²) < 4.78 is 0. The van der Waals surface area contributed by atoms with Crippen molar-refractivity contribution in [3.63, 3.8) is 0 Å². The number of hydrogen-bond acceptors (Lipinski definition) is 2. The van der Waals surface area contributed by atoms with Gasteiger partial charge >= 0.3 is 0 Å². The normalized spacial score (nSPS) is 30.4. The summed E-state index contributed by atoms with van der Waals surface area (Å²) in [4.78, 5) is 12.0. The van der Waals surface area contributed by atoms with E-state index in [4.69, 9.17) is 0 Å². The SMILES string of the molecule is CC(C)c1cc(NC(=O)C2CC3CC3C2)n[nH]1. The van der Waals surface area contributed by atoms with Crippen LogP contribution in [0.1, 0.15) is 44.7 Å². The molecule has 2 unspecified atom stereocenters. The van der Waals surface area contributed by atoms with Gasteiger partial charge in [-0.2, -0.15) is 5.10 Å². The van der Waals surface area contributed by atoms with Gasteiger partial charge in [-0.05, 0) is 37.0 Å². The largest absolute Gasteiger partial charge is 0.309 e. The molecule has 0 radical (unpaired) electrons. The highest BCUT2D eigenvalue weighted by molar-refractivity contribution is 5.92. The number of anilines is 1. The Kier molecular flexibility index (Phi) is 2.45. The molecule has 17 heavy (non-hydrogen) atoms. The molecule has 0 spiro atoms. The fourth-order valence-electron chi connectivity index (χ4n) is 2.85. The summed E-state index contributed by atoms with van der Waals surface area (Å²) in [6.07, 6.45) is 3.51. The van der Waals surface area contributed by atoms with Gasteiger partial charge in [0.15, 0.2) is 5.82 Å². The van der Waals surface area contributed by atoms with E-state index in [1.54, 1.807) is 0 Å². The molecule has 3 rings (SSSR count).